The van der Waals surface area contributed by atoms with Gasteiger partial charge in [0, 0.05) is 12.6 Å². The highest BCUT2D eigenvalue weighted by molar-refractivity contribution is 5.88. The fraction of sp³-hybridized carbons (Fsp3) is 0.235. The van der Waals surface area contributed by atoms with E-state index < -0.39 is 29.3 Å². The summed E-state index contributed by atoms with van der Waals surface area (Å²) in [6.45, 7) is 0. The van der Waals surface area contributed by atoms with Crippen molar-refractivity contribution in [3.8, 4) is 6.07 Å². The Balaban J connectivity index is 2.09. The minimum absolute atomic E-state index is 0.0518. The summed E-state index contributed by atoms with van der Waals surface area (Å²) in [7, 11) is 0. The van der Waals surface area contributed by atoms with Gasteiger partial charge in [0.15, 0.2) is 5.78 Å². The van der Waals surface area contributed by atoms with E-state index in [2.05, 4.69) is 4.98 Å². The Hall–Kier alpha value is -2.75. The van der Waals surface area contributed by atoms with E-state index in [1.807, 2.05) is 0 Å². The number of hydrogen-bond acceptors (Lipinski definition) is 3. The molecular formula is C17H12F4N2O. The molecule has 7 heteroatoms. The first kappa shape index (κ1) is 17.6. The molecule has 0 amide bonds. The number of rotatable bonds is 5. The molecule has 0 saturated heterocycles. The molecule has 0 bridgehead atoms. The van der Waals surface area contributed by atoms with Crippen molar-refractivity contribution in [1.29, 1.82) is 5.26 Å². The van der Waals surface area contributed by atoms with Gasteiger partial charge in [0.25, 0.3) is 0 Å². The van der Waals surface area contributed by atoms with Crippen LogP contribution >= 0.6 is 0 Å². The molecule has 2 aromatic rings. The lowest BCUT2D eigenvalue weighted by atomic mass is 9.95. The van der Waals surface area contributed by atoms with E-state index in [0.717, 1.165) is 12.1 Å². The second-order valence-corrected chi connectivity index (χ2v) is 5.09. The van der Waals surface area contributed by atoms with Crippen molar-refractivity contribution in [2.24, 2.45) is 0 Å². The van der Waals surface area contributed by atoms with Gasteiger partial charge in [-0.3, -0.25) is 9.78 Å². The predicted octanol–water partition coefficient (Wildman–Crippen LogP) is 4.05. The summed E-state index contributed by atoms with van der Waals surface area (Å²) >= 11 is 0. The largest absolute Gasteiger partial charge is 0.417 e. The summed E-state index contributed by atoms with van der Waals surface area (Å²) in [6, 6.07) is 9.46. The Morgan fingerprint density at radius 1 is 1.21 bits per heavy atom. The summed E-state index contributed by atoms with van der Waals surface area (Å²) in [5.74, 6) is -2.25. The molecule has 3 nitrogen and oxygen atoms in total. The molecule has 124 valence electrons. The number of benzene rings is 1. The first-order chi connectivity index (χ1) is 11.3. The number of halogens is 4. The molecule has 1 heterocycles. The fourth-order valence-corrected chi connectivity index (χ4v) is 2.15. The smallest absolute Gasteiger partial charge is 0.298 e. The van der Waals surface area contributed by atoms with Gasteiger partial charge in [0.05, 0.1) is 17.3 Å². The molecule has 2 rings (SSSR count). The second kappa shape index (κ2) is 7.21. The molecule has 0 fully saturated rings. The molecule has 0 radical (unpaired) electrons. The van der Waals surface area contributed by atoms with Gasteiger partial charge in [0.1, 0.15) is 11.7 Å². The number of ketones is 1. The van der Waals surface area contributed by atoms with Gasteiger partial charge < -0.3 is 0 Å². The molecule has 0 aliphatic carbocycles. The number of aromatic nitrogens is 1. The van der Waals surface area contributed by atoms with Crippen LogP contribution in [0.4, 0.5) is 17.6 Å². The SMILES string of the molecule is N#CC(C(=O)CCc1ccccc1F)c1ccc(C(F)(F)F)cn1. The van der Waals surface area contributed by atoms with Crippen LogP contribution < -0.4 is 0 Å². The lowest BCUT2D eigenvalue weighted by Gasteiger charge is -2.10. The minimum Gasteiger partial charge on any atom is -0.298 e. The van der Waals surface area contributed by atoms with E-state index >= 15 is 0 Å². The first-order valence-corrected chi connectivity index (χ1v) is 7.02. The third-order valence-electron chi connectivity index (χ3n) is 3.46. The van der Waals surface area contributed by atoms with Crippen LogP contribution in [-0.4, -0.2) is 10.8 Å². The van der Waals surface area contributed by atoms with Gasteiger partial charge in [-0.2, -0.15) is 18.4 Å². The maximum Gasteiger partial charge on any atom is 0.417 e. The van der Waals surface area contributed by atoms with E-state index in [0.29, 0.717) is 11.8 Å². The van der Waals surface area contributed by atoms with Gasteiger partial charge in [-0.15, -0.1) is 0 Å². The van der Waals surface area contributed by atoms with E-state index in [9.17, 15) is 22.4 Å². The molecule has 1 aromatic heterocycles. The van der Waals surface area contributed by atoms with Crippen molar-refractivity contribution >= 4 is 5.78 Å². The number of pyridine rings is 1. The molecule has 0 aliphatic heterocycles. The average molecular weight is 336 g/mol. The Kier molecular flexibility index (Phi) is 5.29. The zero-order chi connectivity index (χ0) is 17.7. The Bertz CT molecular complexity index is 763. The zero-order valence-electron chi connectivity index (χ0n) is 12.3. The number of Topliss-reactive ketones (excluding diaryl/α,β-unsaturated/α-hetero) is 1. The fourth-order valence-electron chi connectivity index (χ4n) is 2.15. The van der Waals surface area contributed by atoms with Crippen molar-refractivity contribution in [3.05, 3.63) is 65.2 Å². The van der Waals surface area contributed by atoms with Crippen LogP contribution in [0.3, 0.4) is 0 Å². The van der Waals surface area contributed by atoms with Crippen LogP contribution in [-0.2, 0) is 17.4 Å². The molecule has 1 unspecified atom stereocenters. The number of nitriles is 1. The minimum atomic E-state index is -4.54. The Morgan fingerprint density at radius 3 is 2.46 bits per heavy atom. The molecular weight excluding hydrogens is 324 g/mol. The van der Waals surface area contributed by atoms with Crippen molar-refractivity contribution in [2.75, 3.05) is 0 Å². The quantitative estimate of drug-likeness (QED) is 0.774. The van der Waals surface area contributed by atoms with Gasteiger partial charge >= 0.3 is 6.18 Å². The predicted molar refractivity (Wildman–Crippen MR) is 77.3 cm³/mol. The van der Waals surface area contributed by atoms with Crippen molar-refractivity contribution in [1.82, 2.24) is 4.98 Å². The third-order valence-corrected chi connectivity index (χ3v) is 3.46. The van der Waals surface area contributed by atoms with Crippen LogP contribution in [0.15, 0.2) is 42.6 Å². The van der Waals surface area contributed by atoms with Crippen LogP contribution in [0.5, 0.6) is 0 Å². The molecule has 0 saturated carbocycles. The van der Waals surface area contributed by atoms with Crippen molar-refractivity contribution in [3.63, 3.8) is 0 Å². The summed E-state index contributed by atoms with van der Waals surface area (Å²) in [6.07, 6.45) is -3.96. The molecule has 0 N–H and O–H groups in total. The number of nitrogens with zero attached hydrogens (tertiary/aromatic N) is 2. The summed E-state index contributed by atoms with van der Waals surface area (Å²) in [5.41, 5.74) is -0.673. The highest BCUT2D eigenvalue weighted by atomic mass is 19.4. The summed E-state index contributed by atoms with van der Waals surface area (Å²) in [4.78, 5) is 15.7. The maximum atomic E-state index is 13.5. The lowest BCUT2D eigenvalue weighted by molar-refractivity contribution is -0.137. The summed E-state index contributed by atoms with van der Waals surface area (Å²) < 4.78 is 51.0. The molecule has 1 aromatic carbocycles. The number of carbonyl (C=O) groups is 1. The molecule has 0 aliphatic rings. The van der Waals surface area contributed by atoms with E-state index in [4.69, 9.17) is 5.26 Å². The van der Waals surface area contributed by atoms with E-state index in [-0.39, 0.29) is 18.5 Å². The number of aryl methyl sites for hydroxylation is 1. The van der Waals surface area contributed by atoms with Crippen molar-refractivity contribution in [2.45, 2.75) is 24.9 Å². The topological polar surface area (TPSA) is 53.8 Å². The number of alkyl halides is 3. The van der Waals surface area contributed by atoms with E-state index in [1.165, 1.54) is 18.2 Å². The zero-order valence-corrected chi connectivity index (χ0v) is 12.3. The lowest BCUT2D eigenvalue weighted by Crippen LogP contribution is -2.14. The van der Waals surface area contributed by atoms with Crippen LogP contribution in [0.25, 0.3) is 0 Å². The van der Waals surface area contributed by atoms with Crippen LogP contribution in [0.2, 0.25) is 0 Å². The molecule has 24 heavy (non-hydrogen) atoms. The molecule has 1 atom stereocenters. The highest BCUT2D eigenvalue weighted by Crippen LogP contribution is 2.29. The monoisotopic (exact) mass is 336 g/mol. The standard InChI is InChI=1S/C17H12F4N2O/c18-14-4-2-1-3-11(14)5-8-16(24)13(9-22)15-7-6-12(10-23-15)17(19,20)21/h1-4,6-7,10,13H,5,8H2. The highest BCUT2D eigenvalue weighted by Gasteiger charge is 2.31. The maximum absolute atomic E-state index is 13.5. The van der Waals surface area contributed by atoms with Crippen LogP contribution in [0, 0.1) is 17.1 Å². The van der Waals surface area contributed by atoms with Gasteiger partial charge in [-0.25, -0.2) is 4.39 Å². The number of carbonyl (C=O) groups excluding carboxylic acids is 1. The van der Waals surface area contributed by atoms with Gasteiger partial charge in [-0.1, -0.05) is 18.2 Å². The summed E-state index contributed by atoms with van der Waals surface area (Å²) in [5, 5.41) is 9.12. The van der Waals surface area contributed by atoms with Crippen molar-refractivity contribution < 1.29 is 22.4 Å². The van der Waals surface area contributed by atoms with Gasteiger partial charge in [0.2, 0.25) is 0 Å². The van der Waals surface area contributed by atoms with E-state index in [1.54, 1.807) is 12.1 Å². The third kappa shape index (κ3) is 4.16. The van der Waals surface area contributed by atoms with Crippen LogP contribution in [0.1, 0.15) is 29.2 Å². The second-order valence-electron chi connectivity index (χ2n) is 5.09. The van der Waals surface area contributed by atoms with Gasteiger partial charge in [-0.05, 0) is 30.2 Å². The average Bonchev–Trinajstić information content (AvgIpc) is 2.54. The molecule has 0 spiro atoms. The Morgan fingerprint density at radius 2 is 1.92 bits per heavy atom. The number of hydrogen-bond donors (Lipinski definition) is 0. The normalized spacial score (nSPS) is 12.5. The first-order valence-electron chi connectivity index (χ1n) is 7.02. The Labute approximate surface area is 135 Å².